The minimum absolute atomic E-state index is 0.223. The van der Waals surface area contributed by atoms with Crippen molar-refractivity contribution in [2.45, 2.75) is 45.8 Å². The topological polar surface area (TPSA) is 75.6 Å². The first-order chi connectivity index (χ1) is 9.19. The fourth-order valence-corrected chi connectivity index (χ4v) is 1.71. The lowest BCUT2D eigenvalue weighted by molar-refractivity contribution is -0.139. The molecule has 0 saturated carbocycles. The fourth-order valence-electron chi connectivity index (χ4n) is 1.71. The lowest BCUT2D eigenvalue weighted by atomic mass is 10.0. The SMILES string of the molecule is Cc1ccccc1CC(NC(=O)OC(C)(C)C)C(=O)O. The molecular formula is C15H21NO4. The van der Waals surface area contributed by atoms with Crippen LogP contribution in [-0.4, -0.2) is 28.8 Å². The number of nitrogens with one attached hydrogen (secondary N) is 1. The molecule has 0 radical (unpaired) electrons. The Morgan fingerprint density at radius 1 is 1.30 bits per heavy atom. The molecule has 2 N–H and O–H groups in total. The summed E-state index contributed by atoms with van der Waals surface area (Å²) >= 11 is 0. The van der Waals surface area contributed by atoms with Gasteiger partial charge in [0.1, 0.15) is 11.6 Å². The van der Waals surface area contributed by atoms with Gasteiger partial charge in [-0.15, -0.1) is 0 Å². The van der Waals surface area contributed by atoms with Crippen molar-refractivity contribution in [2.75, 3.05) is 0 Å². The average Bonchev–Trinajstić information content (AvgIpc) is 2.28. The summed E-state index contributed by atoms with van der Waals surface area (Å²) in [6, 6.07) is 6.47. The normalized spacial score (nSPS) is 12.6. The molecule has 1 unspecified atom stereocenters. The Hall–Kier alpha value is -2.04. The molecule has 0 fully saturated rings. The van der Waals surface area contributed by atoms with Crippen molar-refractivity contribution < 1.29 is 19.4 Å². The summed E-state index contributed by atoms with van der Waals surface area (Å²) in [6.07, 6.45) is -0.500. The number of ether oxygens (including phenoxy) is 1. The van der Waals surface area contributed by atoms with Crippen molar-refractivity contribution in [1.82, 2.24) is 5.32 Å². The minimum Gasteiger partial charge on any atom is -0.480 e. The summed E-state index contributed by atoms with van der Waals surface area (Å²) in [5.41, 5.74) is 1.22. The second-order valence-electron chi connectivity index (χ2n) is 5.67. The summed E-state index contributed by atoms with van der Waals surface area (Å²) < 4.78 is 5.07. The van der Waals surface area contributed by atoms with E-state index in [1.54, 1.807) is 20.8 Å². The Kier molecular flexibility index (Phi) is 5.13. The second-order valence-corrected chi connectivity index (χ2v) is 5.67. The van der Waals surface area contributed by atoms with Crippen molar-refractivity contribution in [3.8, 4) is 0 Å². The third-order valence-corrected chi connectivity index (χ3v) is 2.67. The summed E-state index contributed by atoms with van der Waals surface area (Å²) in [6.45, 7) is 7.08. The van der Waals surface area contributed by atoms with Gasteiger partial charge in [-0.25, -0.2) is 9.59 Å². The highest BCUT2D eigenvalue weighted by atomic mass is 16.6. The van der Waals surface area contributed by atoms with Crippen molar-refractivity contribution >= 4 is 12.1 Å². The summed E-state index contributed by atoms with van der Waals surface area (Å²) in [5.74, 6) is -1.08. The monoisotopic (exact) mass is 279 g/mol. The van der Waals surface area contributed by atoms with E-state index in [-0.39, 0.29) is 6.42 Å². The maximum atomic E-state index is 11.7. The first-order valence-corrected chi connectivity index (χ1v) is 6.46. The van der Waals surface area contributed by atoms with E-state index in [2.05, 4.69) is 5.32 Å². The van der Waals surface area contributed by atoms with Gasteiger partial charge in [-0.1, -0.05) is 24.3 Å². The van der Waals surface area contributed by atoms with Crippen molar-refractivity contribution in [3.05, 3.63) is 35.4 Å². The highest BCUT2D eigenvalue weighted by Crippen LogP contribution is 2.11. The number of rotatable bonds is 4. The summed E-state index contributed by atoms with van der Waals surface area (Å²) in [5, 5.41) is 11.6. The Labute approximate surface area is 118 Å². The van der Waals surface area contributed by atoms with E-state index in [4.69, 9.17) is 4.74 Å². The first kappa shape index (κ1) is 16.0. The second kappa shape index (κ2) is 6.41. The van der Waals surface area contributed by atoms with E-state index < -0.39 is 23.7 Å². The molecule has 110 valence electrons. The minimum atomic E-state index is -1.08. The van der Waals surface area contributed by atoms with E-state index in [0.29, 0.717) is 0 Å². The van der Waals surface area contributed by atoms with Gasteiger partial charge in [0.2, 0.25) is 0 Å². The standard InChI is InChI=1S/C15H21NO4/c1-10-7-5-6-8-11(10)9-12(13(17)18)16-14(19)20-15(2,3)4/h5-8,12H,9H2,1-4H3,(H,16,19)(H,17,18). The third-order valence-electron chi connectivity index (χ3n) is 2.67. The molecule has 1 aromatic rings. The molecule has 1 rings (SSSR count). The maximum Gasteiger partial charge on any atom is 0.408 e. The van der Waals surface area contributed by atoms with E-state index in [9.17, 15) is 14.7 Å². The van der Waals surface area contributed by atoms with Crippen LogP contribution in [0.5, 0.6) is 0 Å². The predicted octanol–water partition coefficient (Wildman–Crippen LogP) is 2.52. The molecule has 1 atom stereocenters. The van der Waals surface area contributed by atoms with Crippen LogP contribution >= 0.6 is 0 Å². The van der Waals surface area contributed by atoms with E-state index in [0.717, 1.165) is 11.1 Å². The number of carbonyl (C=O) groups excluding carboxylic acids is 1. The lowest BCUT2D eigenvalue weighted by Crippen LogP contribution is -2.44. The van der Waals surface area contributed by atoms with Crippen LogP contribution in [-0.2, 0) is 16.0 Å². The number of carboxylic acid groups (broad SMARTS) is 1. The number of hydrogen-bond donors (Lipinski definition) is 2. The average molecular weight is 279 g/mol. The number of hydrogen-bond acceptors (Lipinski definition) is 3. The molecule has 1 aromatic carbocycles. The highest BCUT2D eigenvalue weighted by molar-refractivity contribution is 5.80. The van der Waals surface area contributed by atoms with Gasteiger partial charge in [-0.3, -0.25) is 0 Å². The van der Waals surface area contributed by atoms with E-state index >= 15 is 0 Å². The number of amides is 1. The molecule has 0 bridgehead atoms. The van der Waals surface area contributed by atoms with Crippen LogP contribution in [0.1, 0.15) is 31.9 Å². The van der Waals surface area contributed by atoms with Crippen LogP contribution in [0, 0.1) is 6.92 Å². The van der Waals surface area contributed by atoms with Crippen molar-refractivity contribution in [2.24, 2.45) is 0 Å². The molecule has 0 heterocycles. The van der Waals surface area contributed by atoms with E-state index in [1.807, 2.05) is 31.2 Å². The number of benzene rings is 1. The summed E-state index contributed by atoms with van der Waals surface area (Å²) in [7, 11) is 0. The molecular weight excluding hydrogens is 258 g/mol. The maximum absolute atomic E-state index is 11.7. The van der Waals surface area contributed by atoms with Gasteiger partial charge >= 0.3 is 12.1 Å². The number of alkyl carbamates (subject to hydrolysis) is 1. The molecule has 20 heavy (non-hydrogen) atoms. The van der Waals surface area contributed by atoms with Gasteiger partial charge < -0.3 is 15.2 Å². The lowest BCUT2D eigenvalue weighted by Gasteiger charge is -2.22. The van der Waals surface area contributed by atoms with Crippen LogP contribution in [0.15, 0.2) is 24.3 Å². The van der Waals surface area contributed by atoms with Crippen LogP contribution in [0.2, 0.25) is 0 Å². The van der Waals surface area contributed by atoms with Crippen LogP contribution in [0.25, 0.3) is 0 Å². The van der Waals surface area contributed by atoms with E-state index in [1.165, 1.54) is 0 Å². The molecule has 0 aliphatic carbocycles. The van der Waals surface area contributed by atoms with Gasteiger partial charge in [-0.2, -0.15) is 0 Å². The van der Waals surface area contributed by atoms with Crippen molar-refractivity contribution in [3.63, 3.8) is 0 Å². The fraction of sp³-hybridized carbons (Fsp3) is 0.467. The Bertz CT molecular complexity index is 491. The zero-order valence-corrected chi connectivity index (χ0v) is 12.3. The molecule has 0 saturated heterocycles. The Balaban J connectivity index is 2.74. The Morgan fingerprint density at radius 2 is 1.90 bits per heavy atom. The molecule has 1 amide bonds. The quantitative estimate of drug-likeness (QED) is 0.888. The van der Waals surface area contributed by atoms with Gasteiger partial charge in [-0.05, 0) is 38.8 Å². The Morgan fingerprint density at radius 3 is 2.40 bits per heavy atom. The highest BCUT2D eigenvalue weighted by Gasteiger charge is 2.24. The van der Waals surface area contributed by atoms with Crippen LogP contribution in [0.4, 0.5) is 4.79 Å². The summed E-state index contributed by atoms with van der Waals surface area (Å²) in [4.78, 5) is 22.9. The number of carboxylic acids is 1. The largest absolute Gasteiger partial charge is 0.480 e. The molecule has 0 aliphatic heterocycles. The van der Waals surface area contributed by atoms with Crippen LogP contribution < -0.4 is 5.32 Å². The van der Waals surface area contributed by atoms with Gasteiger partial charge in [0.05, 0.1) is 0 Å². The van der Waals surface area contributed by atoms with Gasteiger partial charge in [0.25, 0.3) is 0 Å². The number of carbonyl (C=O) groups is 2. The molecule has 5 nitrogen and oxygen atoms in total. The van der Waals surface area contributed by atoms with Crippen LogP contribution in [0.3, 0.4) is 0 Å². The van der Waals surface area contributed by atoms with Gasteiger partial charge in [0.15, 0.2) is 0 Å². The number of aliphatic carboxylic acids is 1. The predicted molar refractivity (Wildman–Crippen MR) is 75.7 cm³/mol. The third kappa shape index (κ3) is 5.30. The molecule has 0 spiro atoms. The molecule has 5 heteroatoms. The zero-order chi connectivity index (χ0) is 15.3. The smallest absolute Gasteiger partial charge is 0.408 e. The molecule has 0 aromatic heterocycles. The van der Waals surface area contributed by atoms with Gasteiger partial charge in [0, 0.05) is 6.42 Å². The van der Waals surface area contributed by atoms with Crippen molar-refractivity contribution in [1.29, 1.82) is 0 Å². The number of aryl methyl sites for hydroxylation is 1. The molecule has 0 aliphatic rings. The first-order valence-electron chi connectivity index (χ1n) is 6.46. The zero-order valence-electron chi connectivity index (χ0n) is 12.3.